The van der Waals surface area contributed by atoms with E-state index in [1.807, 2.05) is 59.2 Å². The molecule has 3 aromatic rings. The zero-order valence-electron chi connectivity index (χ0n) is 12.0. The van der Waals surface area contributed by atoms with E-state index in [9.17, 15) is 0 Å². The Balaban J connectivity index is 1.89. The van der Waals surface area contributed by atoms with Gasteiger partial charge in [-0.05, 0) is 36.5 Å². The van der Waals surface area contributed by atoms with Gasteiger partial charge in [0.25, 0.3) is 0 Å². The van der Waals surface area contributed by atoms with Gasteiger partial charge < -0.3 is 9.47 Å². The van der Waals surface area contributed by atoms with Crippen LogP contribution in [0.5, 0.6) is 11.5 Å². The van der Waals surface area contributed by atoms with Gasteiger partial charge in [-0.25, -0.2) is 0 Å². The van der Waals surface area contributed by atoms with Crippen molar-refractivity contribution in [1.82, 2.24) is 14.8 Å². The van der Waals surface area contributed by atoms with Crippen molar-refractivity contribution in [3.63, 3.8) is 0 Å². The summed E-state index contributed by atoms with van der Waals surface area (Å²) >= 11 is 5.31. The van der Waals surface area contributed by atoms with Crippen molar-refractivity contribution in [1.29, 1.82) is 0 Å². The Kier molecular flexibility index (Phi) is 4.20. The van der Waals surface area contributed by atoms with E-state index in [2.05, 4.69) is 10.2 Å². The Labute approximate surface area is 133 Å². The first-order chi connectivity index (χ1) is 10.8. The van der Waals surface area contributed by atoms with Crippen molar-refractivity contribution < 1.29 is 9.47 Å². The van der Waals surface area contributed by atoms with E-state index < -0.39 is 0 Å². The lowest BCUT2D eigenvalue weighted by Gasteiger charge is -2.09. The number of nitrogens with zero attached hydrogens (tertiary/aromatic N) is 2. The third-order valence-corrected chi connectivity index (χ3v) is 3.44. The summed E-state index contributed by atoms with van der Waals surface area (Å²) in [6, 6.07) is 17.2. The second-order valence-electron chi connectivity index (χ2n) is 4.58. The molecule has 5 nitrogen and oxygen atoms in total. The van der Waals surface area contributed by atoms with Crippen molar-refractivity contribution >= 4 is 12.2 Å². The first-order valence-electron chi connectivity index (χ1n) is 6.76. The largest absolute Gasteiger partial charge is 0.497 e. The van der Waals surface area contributed by atoms with Gasteiger partial charge >= 0.3 is 0 Å². The molecular formula is C16H15N3O2S. The van der Waals surface area contributed by atoms with Gasteiger partial charge in [0, 0.05) is 6.07 Å². The summed E-state index contributed by atoms with van der Waals surface area (Å²) in [6.45, 7) is 0.314. The maximum Gasteiger partial charge on any atom is 0.199 e. The lowest BCUT2D eigenvalue weighted by atomic mass is 10.3. The standard InChI is InChI=1S/C16H15N3O2S/c1-20-14-9-5-6-12(10-14)19-15(17-18-16(19)22)11-21-13-7-3-2-4-8-13/h2-10H,11H2,1H3,(H,18,22). The molecule has 0 unspecified atom stereocenters. The topological polar surface area (TPSA) is 52.1 Å². The first-order valence-corrected chi connectivity index (χ1v) is 7.17. The van der Waals surface area contributed by atoms with Crippen molar-refractivity contribution in [3.05, 3.63) is 65.2 Å². The third kappa shape index (κ3) is 3.01. The molecule has 1 N–H and O–H groups in total. The van der Waals surface area contributed by atoms with E-state index >= 15 is 0 Å². The molecule has 0 fully saturated rings. The Hall–Kier alpha value is -2.60. The van der Waals surface area contributed by atoms with Crippen LogP contribution in [0, 0.1) is 4.77 Å². The third-order valence-electron chi connectivity index (χ3n) is 3.16. The molecule has 6 heteroatoms. The number of para-hydroxylation sites is 1. The number of aromatic amines is 1. The number of methoxy groups -OCH3 is 1. The van der Waals surface area contributed by atoms with Gasteiger partial charge in [0.1, 0.15) is 18.1 Å². The number of H-pyrrole nitrogens is 1. The van der Waals surface area contributed by atoms with Crippen LogP contribution in [0.2, 0.25) is 0 Å². The number of benzene rings is 2. The Bertz CT molecular complexity index is 812. The summed E-state index contributed by atoms with van der Waals surface area (Å²) in [6.07, 6.45) is 0. The van der Waals surface area contributed by atoms with E-state index in [1.54, 1.807) is 7.11 Å². The highest BCUT2D eigenvalue weighted by atomic mass is 32.1. The van der Waals surface area contributed by atoms with Gasteiger partial charge in [-0.1, -0.05) is 24.3 Å². The highest BCUT2D eigenvalue weighted by Crippen LogP contribution is 2.19. The summed E-state index contributed by atoms with van der Waals surface area (Å²) in [5.74, 6) is 2.24. The number of ether oxygens (including phenoxy) is 2. The van der Waals surface area contributed by atoms with Crippen molar-refractivity contribution in [2.45, 2.75) is 6.61 Å². The molecule has 0 aliphatic rings. The predicted octanol–water partition coefficient (Wildman–Crippen LogP) is 3.52. The molecule has 0 aliphatic heterocycles. The maximum absolute atomic E-state index is 5.74. The summed E-state index contributed by atoms with van der Waals surface area (Å²) in [5, 5.41) is 7.05. The minimum atomic E-state index is 0.314. The number of hydrogen-bond donors (Lipinski definition) is 1. The molecule has 0 radical (unpaired) electrons. The van der Waals surface area contributed by atoms with Crippen LogP contribution in [0.4, 0.5) is 0 Å². The van der Waals surface area contributed by atoms with Crippen LogP contribution >= 0.6 is 12.2 Å². The van der Waals surface area contributed by atoms with Crippen molar-refractivity contribution in [2.24, 2.45) is 0 Å². The molecule has 22 heavy (non-hydrogen) atoms. The van der Waals surface area contributed by atoms with Crippen LogP contribution in [-0.2, 0) is 6.61 Å². The van der Waals surface area contributed by atoms with Crippen molar-refractivity contribution in [2.75, 3.05) is 7.11 Å². The number of rotatable bonds is 5. The van der Waals surface area contributed by atoms with Gasteiger partial charge in [0.2, 0.25) is 0 Å². The van der Waals surface area contributed by atoms with E-state index in [0.717, 1.165) is 17.2 Å². The van der Waals surface area contributed by atoms with E-state index in [1.165, 1.54) is 0 Å². The molecule has 0 spiro atoms. The zero-order valence-corrected chi connectivity index (χ0v) is 12.8. The van der Waals surface area contributed by atoms with Crippen molar-refractivity contribution in [3.8, 4) is 17.2 Å². The van der Waals surface area contributed by atoms with E-state index in [-0.39, 0.29) is 0 Å². The second kappa shape index (κ2) is 6.44. The molecular weight excluding hydrogens is 298 g/mol. The lowest BCUT2D eigenvalue weighted by molar-refractivity contribution is 0.293. The fourth-order valence-electron chi connectivity index (χ4n) is 2.11. The normalized spacial score (nSPS) is 10.4. The van der Waals surface area contributed by atoms with Crippen LogP contribution in [0.3, 0.4) is 0 Å². The Morgan fingerprint density at radius 2 is 1.86 bits per heavy atom. The maximum atomic E-state index is 5.74. The summed E-state index contributed by atoms with van der Waals surface area (Å²) in [4.78, 5) is 0. The summed E-state index contributed by atoms with van der Waals surface area (Å²) < 4.78 is 13.3. The molecule has 0 aliphatic carbocycles. The average molecular weight is 313 g/mol. The molecule has 112 valence electrons. The molecule has 1 aromatic heterocycles. The molecule has 0 bridgehead atoms. The van der Waals surface area contributed by atoms with E-state index in [0.29, 0.717) is 17.2 Å². The Morgan fingerprint density at radius 3 is 2.64 bits per heavy atom. The van der Waals surface area contributed by atoms with Crippen LogP contribution in [0.1, 0.15) is 5.82 Å². The monoisotopic (exact) mass is 313 g/mol. The molecule has 0 atom stereocenters. The molecule has 2 aromatic carbocycles. The fraction of sp³-hybridized carbons (Fsp3) is 0.125. The molecule has 0 saturated carbocycles. The van der Waals surface area contributed by atoms with E-state index in [4.69, 9.17) is 21.7 Å². The molecule has 3 rings (SSSR count). The van der Waals surface area contributed by atoms with Crippen LogP contribution < -0.4 is 9.47 Å². The van der Waals surface area contributed by atoms with Crippen LogP contribution in [0.25, 0.3) is 5.69 Å². The fourth-order valence-corrected chi connectivity index (χ4v) is 2.36. The number of hydrogen-bond acceptors (Lipinski definition) is 4. The Morgan fingerprint density at radius 1 is 1.09 bits per heavy atom. The molecule has 0 saturated heterocycles. The van der Waals surface area contributed by atoms with Crippen LogP contribution in [-0.4, -0.2) is 21.9 Å². The van der Waals surface area contributed by atoms with Gasteiger partial charge in [-0.3, -0.25) is 9.67 Å². The average Bonchev–Trinajstić information content (AvgIpc) is 2.94. The molecule has 1 heterocycles. The minimum Gasteiger partial charge on any atom is -0.497 e. The quantitative estimate of drug-likeness (QED) is 0.732. The SMILES string of the molecule is COc1cccc(-n2c(COc3ccccc3)n[nH]c2=S)c1. The van der Waals surface area contributed by atoms with Crippen LogP contribution in [0.15, 0.2) is 54.6 Å². The lowest BCUT2D eigenvalue weighted by Crippen LogP contribution is -2.06. The molecule has 0 amide bonds. The second-order valence-corrected chi connectivity index (χ2v) is 4.97. The van der Waals surface area contributed by atoms with Gasteiger partial charge in [0.05, 0.1) is 12.8 Å². The summed E-state index contributed by atoms with van der Waals surface area (Å²) in [5.41, 5.74) is 0.879. The number of nitrogens with one attached hydrogen (secondary N) is 1. The van der Waals surface area contributed by atoms with Gasteiger partial charge in [-0.2, -0.15) is 5.10 Å². The smallest absolute Gasteiger partial charge is 0.199 e. The predicted molar refractivity (Wildman–Crippen MR) is 86.1 cm³/mol. The number of aromatic nitrogens is 3. The zero-order chi connectivity index (χ0) is 15.4. The first kappa shape index (κ1) is 14.3. The highest BCUT2D eigenvalue weighted by Gasteiger charge is 2.10. The van der Waals surface area contributed by atoms with Gasteiger partial charge in [-0.15, -0.1) is 0 Å². The highest BCUT2D eigenvalue weighted by molar-refractivity contribution is 7.71. The summed E-state index contributed by atoms with van der Waals surface area (Å²) in [7, 11) is 1.63. The van der Waals surface area contributed by atoms with Gasteiger partial charge in [0.15, 0.2) is 10.6 Å². The minimum absolute atomic E-state index is 0.314.